The highest BCUT2D eigenvalue weighted by Crippen LogP contribution is 2.30. The molecule has 0 fully saturated rings. The number of hydrogen-bond acceptors (Lipinski definition) is 3. The molecule has 0 radical (unpaired) electrons. The normalized spacial score (nSPS) is 12.9. The van der Waals surface area contributed by atoms with Gasteiger partial charge in [0, 0.05) is 13.8 Å². The summed E-state index contributed by atoms with van der Waals surface area (Å²) in [7, 11) is 1.68. The number of ether oxygens (including phenoxy) is 1. The zero-order valence-electron chi connectivity index (χ0n) is 13.8. The van der Waals surface area contributed by atoms with Crippen LogP contribution in [0.25, 0.3) is 0 Å². The molecule has 2 N–H and O–H groups in total. The van der Waals surface area contributed by atoms with Crippen molar-refractivity contribution in [2.75, 3.05) is 0 Å². The van der Waals surface area contributed by atoms with E-state index in [0.29, 0.717) is 17.1 Å². The number of rotatable bonds is 5. The number of carboxylic acids is 1. The average Bonchev–Trinajstić information content (AvgIpc) is 2.68. The first-order valence-electron chi connectivity index (χ1n) is 7.36. The van der Waals surface area contributed by atoms with Gasteiger partial charge in [-0.15, -0.1) is 13.2 Å². The van der Waals surface area contributed by atoms with Crippen LogP contribution in [0.1, 0.15) is 35.1 Å². The molecule has 0 bridgehead atoms. The Morgan fingerprint density at radius 2 is 1.84 bits per heavy atom. The lowest BCUT2D eigenvalue weighted by atomic mass is 9.94. The SMILES string of the molecule is Cc1c(C)[n+](C)c([C@H](CC(=O)O)c2ccc(OC(F)(F)F)cc2)n1O. The second-order valence-corrected chi connectivity index (χ2v) is 5.67. The van der Waals surface area contributed by atoms with E-state index in [4.69, 9.17) is 0 Å². The van der Waals surface area contributed by atoms with Crippen LogP contribution in [-0.4, -0.2) is 27.4 Å². The van der Waals surface area contributed by atoms with E-state index in [0.717, 1.165) is 22.6 Å². The van der Waals surface area contributed by atoms with Crippen molar-refractivity contribution in [3.05, 3.63) is 47.0 Å². The van der Waals surface area contributed by atoms with Crippen molar-refractivity contribution >= 4 is 5.97 Å². The van der Waals surface area contributed by atoms with Crippen molar-refractivity contribution in [2.45, 2.75) is 32.5 Å². The summed E-state index contributed by atoms with van der Waals surface area (Å²) in [5.41, 5.74) is 1.73. The molecule has 0 saturated carbocycles. The van der Waals surface area contributed by atoms with Gasteiger partial charge in [-0.3, -0.25) is 4.79 Å². The molecule has 9 heteroatoms. The van der Waals surface area contributed by atoms with E-state index in [9.17, 15) is 28.3 Å². The van der Waals surface area contributed by atoms with Crippen molar-refractivity contribution in [3.63, 3.8) is 0 Å². The molecule has 0 spiro atoms. The van der Waals surface area contributed by atoms with Gasteiger partial charge < -0.3 is 15.1 Å². The van der Waals surface area contributed by atoms with Crippen molar-refractivity contribution in [1.29, 1.82) is 0 Å². The van der Waals surface area contributed by atoms with Crippen LogP contribution in [0.5, 0.6) is 5.75 Å². The van der Waals surface area contributed by atoms with E-state index < -0.39 is 24.0 Å². The van der Waals surface area contributed by atoms with E-state index in [1.807, 2.05) is 0 Å². The Labute approximate surface area is 141 Å². The van der Waals surface area contributed by atoms with Crippen molar-refractivity contribution < 1.29 is 37.6 Å². The summed E-state index contributed by atoms with van der Waals surface area (Å²) in [5.74, 6) is -1.93. The van der Waals surface area contributed by atoms with Gasteiger partial charge >= 0.3 is 18.2 Å². The van der Waals surface area contributed by atoms with E-state index in [1.165, 1.54) is 12.1 Å². The van der Waals surface area contributed by atoms with Crippen LogP contribution in [0.3, 0.4) is 0 Å². The minimum atomic E-state index is -4.80. The van der Waals surface area contributed by atoms with Gasteiger partial charge in [-0.1, -0.05) is 12.1 Å². The predicted octanol–water partition coefficient (Wildman–Crippen LogP) is 2.67. The van der Waals surface area contributed by atoms with Crippen molar-refractivity contribution in [3.8, 4) is 5.75 Å². The monoisotopic (exact) mass is 359 g/mol. The molecule has 2 aromatic rings. The van der Waals surface area contributed by atoms with Gasteiger partial charge in [0.1, 0.15) is 11.4 Å². The van der Waals surface area contributed by atoms with Crippen LogP contribution < -0.4 is 9.30 Å². The third-order valence-electron chi connectivity index (χ3n) is 4.11. The molecule has 0 unspecified atom stereocenters. The van der Waals surface area contributed by atoms with Crippen LogP contribution in [0, 0.1) is 13.8 Å². The lowest BCUT2D eigenvalue weighted by molar-refractivity contribution is -0.686. The zero-order valence-corrected chi connectivity index (χ0v) is 13.8. The Kier molecular flexibility index (Phi) is 4.96. The zero-order chi connectivity index (χ0) is 18.9. The van der Waals surface area contributed by atoms with Crippen LogP contribution >= 0.6 is 0 Å². The summed E-state index contributed by atoms with van der Waals surface area (Å²) in [6, 6.07) is 4.93. The smallest absolute Gasteiger partial charge is 0.481 e. The number of imidazole rings is 1. The van der Waals surface area contributed by atoms with Gasteiger partial charge in [0.2, 0.25) is 0 Å². The molecule has 136 valence electrons. The summed E-state index contributed by atoms with van der Waals surface area (Å²) >= 11 is 0. The summed E-state index contributed by atoms with van der Waals surface area (Å²) in [6.07, 6.45) is -5.14. The number of hydrogen-bond donors (Lipinski definition) is 2. The molecule has 0 aliphatic carbocycles. The van der Waals surface area contributed by atoms with Crippen LogP contribution in [0.15, 0.2) is 24.3 Å². The second kappa shape index (κ2) is 6.66. The van der Waals surface area contributed by atoms with E-state index >= 15 is 0 Å². The Hall–Kier alpha value is -2.71. The molecular weight excluding hydrogens is 341 g/mol. The van der Waals surface area contributed by atoms with Gasteiger partial charge in [-0.25, -0.2) is 4.57 Å². The first-order valence-corrected chi connectivity index (χ1v) is 7.36. The first-order chi connectivity index (χ1) is 11.5. The van der Waals surface area contributed by atoms with E-state index in [1.54, 1.807) is 25.5 Å². The van der Waals surface area contributed by atoms with Crippen LogP contribution in [-0.2, 0) is 11.8 Å². The maximum Gasteiger partial charge on any atom is 0.573 e. The summed E-state index contributed by atoms with van der Waals surface area (Å²) in [4.78, 5) is 11.3. The number of halogens is 3. The molecule has 0 aliphatic rings. The molecule has 0 amide bonds. The molecule has 1 atom stereocenters. The molecule has 2 rings (SSSR count). The topological polar surface area (TPSA) is 75.6 Å². The number of nitrogens with zero attached hydrogens (tertiary/aromatic N) is 2. The highest BCUT2D eigenvalue weighted by Gasteiger charge is 2.35. The van der Waals surface area contributed by atoms with Gasteiger partial charge in [-0.05, 0) is 22.4 Å². The van der Waals surface area contributed by atoms with Crippen molar-refractivity contribution in [2.24, 2.45) is 7.05 Å². The first kappa shape index (κ1) is 18.6. The van der Waals surface area contributed by atoms with Crippen LogP contribution in [0.4, 0.5) is 13.2 Å². The maximum atomic E-state index is 12.3. The second-order valence-electron chi connectivity index (χ2n) is 5.67. The fourth-order valence-electron chi connectivity index (χ4n) is 2.70. The molecule has 25 heavy (non-hydrogen) atoms. The standard InChI is InChI=1S/C16H17F3N2O4/c1-9-10(2)21(24)15(20(9)3)13(8-14(22)23)11-4-6-12(7-5-11)25-16(17,18)19/h4-7,13H,8H2,1-3H3,(H-,22,23,24)/p+1/t13-/m1/s1. The predicted molar refractivity (Wildman–Crippen MR) is 79.5 cm³/mol. The Balaban J connectivity index is 2.46. The van der Waals surface area contributed by atoms with Gasteiger partial charge in [-0.2, -0.15) is 0 Å². The minimum absolute atomic E-state index is 0.321. The Morgan fingerprint density at radius 3 is 2.24 bits per heavy atom. The lowest BCUT2D eigenvalue weighted by Crippen LogP contribution is -2.37. The summed E-state index contributed by atoms with van der Waals surface area (Å²) < 4.78 is 43.1. The van der Waals surface area contributed by atoms with Crippen molar-refractivity contribution in [1.82, 2.24) is 4.73 Å². The summed E-state index contributed by atoms with van der Waals surface area (Å²) in [5, 5.41) is 19.5. The lowest BCUT2D eigenvalue weighted by Gasteiger charge is -2.14. The largest absolute Gasteiger partial charge is 0.573 e. The number of benzene rings is 1. The van der Waals surface area contributed by atoms with Gasteiger partial charge in [0.05, 0.1) is 19.4 Å². The van der Waals surface area contributed by atoms with Gasteiger partial charge in [0.25, 0.3) is 0 Å². The quantitative estimate of drug-likeness (QED) is 0.636. The molecular formula is C16H18F3N2O4+. The highest BCUT2D eigenvalue weighted by atomic mass is 19.4. The number of aromatic nitrogens is 2. The highest BCUT2D eigenvalue weighted by molar-refractivity contribution is 5.68. The third-order valence-corrected chi connectivity index (χ3v) is 4.11. The molecule has 6 nitrogen and oxygen atoms in total. The molecule has 1 aromatic heterocycles. The van der Waals surface area contributed by atoms with Crippen LogP contribution in [0.2, 0.25) is 0 Å². The number of alkyl halides is 3. The fourth-order valence-corrected chi connectivity index (χ4v) is 2.70. The average molecular weight is 359 g/mol. The fraction of sp³-hybridized carbons (Fsp3) is 0.375. The number of carbonyl (C=O) groups is 1. The number of aliphatic carboxylic acids is 1. The molecule has 0 saturated heterocycles. The van der Waals surface area contributed by atoms with E-state index in [2.05, 4.69) is 4.74 Å². The maximum absolute atomic E-state index is 12.3. The third kappa shape index (κ3) is 4.04. The van der Waals surface area contributed by atoms with Gasteiger partial charge in [0.15, 0.2) is 5.69 Å². The molecule has 1 aromatic carbocycles. The minimum Gasteiger partial charge on any atom is -0.481 e. The Bertz CT molecular complexity index is 757. The number of carboxylic acid groups (broad SMARTS) is 1. The molecule has 1 heterocycles. The Morgan fingerprint density at radius 1 is 1.28 bits per heavy atom. The van der Waals surface area contributed by atoms with E-state index in [-0.39, 0.29) is 6.42 Å². The molecule has 0 aliphatic heterocycles. The summed E-state index contributed by atoms with van der Waals surface area (Å²) in [6.45, 7) is 3.45.